The van der Waals surface area contributed by atoms with E-state index >= 15 is 0 Å². The van der Waals surface area contributed by atoms with Crippen LogP contribution in [0.2, 0.25) is 0 Å². The maximum Gasteiger partial charge on any atom is 0.288 e. The molecule has 0 aromatic rings. The van der Waals surface area contributed by atoms with E-state index in [4.69, 9.17) is 19.3 Å². The zero-order valence-electron chi connectivity index (χ0n) is 15.0. The first-order valence-electron chi connectivity index (χ1n) is 9.76. The molecule has 142 valence electrons. The Bertz CT molecular complexity index is 455. The first kappa shape index (κ1) is 18.7. The second-order valence-electron chi connectivity index (χ2n) is 7.23. The van der Waals surface area contributed by atoms with Crippen LogP contribution >= 0.6 is 0 Å². The molecular formula is C19H31NO5. The number of aliphatic hydroxyl groups is 1. The molecule has 0 bridgehead atoms. The van der Waals surface area contributed by atoms with E-state index in [1.807, 2.05) is 4.90 Å². The van der Waals surface area contributed by atoms with Crippen molar-refractivity contribution in [2.45, 2.75) is 51.2 Å². The molecule has 6 heteroatoms. The number of unbranched alkanes of at least 4 members (excludes halogenated alkanes) is 1. The van der Waals surface area contributed by atoms with E-state index in [1.54, 1.807) is 0 Å². The van der Waals surface area contributed by atoms with Crippen LogP contribution in [0.15, 0.2) is 11.8 Å². The van der Waals surface area contributed by atoms with Gasteiger partial charge in [0.15, 0.2) is 5.76 Å². The van der Waals surface area contributed by atoms with Crippen LogP contribution < -0.4 is 0 Å². The van der Waals surface area contributed by atoms with E-state index < -0.39 is 0 Å². The zero-order chi connectivity index (χ0) is 17.5. The van der Waals surface area contributed by atoms with Crippen molar-refractivity contribution < 1.29 is 24.1 Å². The molecule has 3 aliphatic rings. The second kappa shape index (κ2) is 9.55. The van der Waals surface area contributed by atoms with Crippen LogP contribution in [0.3, 0.4) is 0 Å². The lowest BCUT2D eigenvalue weighted by molar-refractivity contribution is -0.159. The summed E-state index contributed by atoms with van der Waals surface area (Å²) in [5.74, 6) is 1.42. The predicted molar refractivity (Wildman–Crippen MR) is 92.7 cm³/mol. The van der Waals surface area contributed by atoms with Crippen molar-refractivity contribution in [1.29, 1.82) is 0 Å². The van der Waals surface area contributed by atoms with Gasteiger partial charge in [0.2, 0.25) is 6.29 Å². The van der Waals surface area contributed by atoms with Gasteiger partial charge in [0.25, 0.3) is 5.91 Å². The van der Waals surface area contributed by atoms with Gasteiger partial charge in [-0.1, -0.05) is 12.8 Å². The molecule has 2 fully saturated rings. The third-order valence-corrected chi connectivity index (χ3v) is 5.46. The van der Waals surface area contributed by atoms with Crippen LogP contribution in [0, 0.1) is 11.8 Å². The fraction of sp³-hybridized carbons (Fsp3) is 0.842. The quantitative estimate of drug-likeness (QED) is 0.710. The third-order valence-electron chi connectivity index (χ3n) is 5.46. The minimum Gasteiger partial charge on any atom is -0.459 e. The summed E-state index contributed by atoms with van der Waals surface area (Å²) in [5, 5.41) is 8.89. The Balaban J connectivity index is 1.63. The summed E-state index contributed by atoms with van der Waals surface area (Å²) in [6, 6.07) is 0. The largest absolute Gasteiger partial charge is 0.459 e. The van der Waals surface area contributed by atoms with E-state index in [0.29, 0.717) is 50.5 Å². The molecule has 0 unspecified atom stereocenters. The lowest BCUT2D eigenvalue weighted by atomic mass is 9.86. The van der Waals surface area contributed by atoms with Gasteiger partial charge in [-0.05, 0) is 43.6 Å². The van der Waals surface area contributed by atoms with Crippen molar-refractivity contribution in [3.63, 3.8) is 0 Å². The van der Waals surface area contributed by atoms with E-state index in [1.165, 1.54) is 25.7 Å². The fourth-order valence-corrected chi connectivity index (χ4v) is 4.00. The van der Waals surface area contributed by atoms with Crippen LogP contribution in [0.4, 0.5) is 0 Å². The van der Waals surface area contributed by atoms with Crippen LogP contribution in [0.25, 0.3) is 0 Å². The molecular weight excluding hydrogens is 322 g/mol. The topological polar surface area (TPSA) is 68.2 Å². The number of aliphatic hydroxyl groups excluding tert-OH is 1. The summed E-state index contributed by atoms with van der Waals surface area (Å²) < 4.78 is 17.1. The highest BCUT2D eigenvalue weighted by molar-refractivity contribution is 5.91. The number of amides is 1. The number of rotatable bonds is 7. The smallest absolute Gasteiger partial charge is 0.288 e. The van der Waals surface area contributed by atoms with Crippen LogP contribution in [-0.2, 0) is 19.0 Å². The maximum atomic E-state index is 12.8. The molecule has 2 aliphatic heterocycles. The van der Waals surface area contributed by atoms with Gasteiger partial charge in [0.05, 0.1) is 19.8 Å². The molecule has 0 aromatic heterocycles. The molecule has 3 rings (SSSR count). The van der Waals surface area contributed by atoms with Gasteiger partial charge in [0, 0.05) is 26.1 Å². The highest BCUT2D eigenvalue weighted by Gasteiger charge is 2.35. The molecule has 6 nitrogen and oxygen atoms in total. The van der Waals surface area contributed by atoms with Crippen molar-refractivity contribution in [2.24, 2.45) is 11.8 Å². The van der Waals surface area contributed by atoms with Crippen LogP contribution in [0.1, 0.15) is 44.9 Å². The summed E-state index contributed by atoms with van der Waals surface area (Å²) in [5.41, 5.74) is 0. The SMILES string of the molecule is O=C(C1=C[C@@H](C2CCCC2)C[C@@H](OCCCCO)O1)N1CCOCC1. The number of carbonyl (C=O) groups is 1. The molecule has 1 aliphatic carbocycles. The summed E-state index contributed by atoms with van der Waals surface area (Å²) >= 11 is 0. The van der Waals surface area contributed by atoms with Crippen LogP contribution in [0.5, 0.6) is 0 Å². The van der Waals surface area contributed by atoms with E-state index in [0.717, 1.165) is 19.3 Å². The van der Waals surface area contributed by atoms with Gasteiger partial charge >= 0.3 is 0 Å². The Morgan fingerprint density at radius 3 is 2.72 bits per heavy atom. The number of allylic oxidation sites excluding steroid dienone is 1. The third kappa shape index (κ3) is 5.19. The van der Waals surface area contributed by atoms with Gasteiger partial charge in [-0.2, -0.15) is 0 Å². The van der Waals surface area contributed by atoms with Crippen LogP contribution in [-0.4, -0.2) is 61.7 Å². The molecule has 0 radical (unpaired) electrons. The highest BCUT2D eigenvalue weighted by atomic mass is 16.7. The number of morpholine rings is 1. The number of hydrogen-bond donors (Lipinski definition) is 1. The van der Waals surface area contributed by atoms with Gasteiger partial charge in [-0.15, -0.1) is 0 Å². The van der Waals surface area contributed by atoms with Crippen molar-refractivity contribution in [3.05, 3.63) is 11.8 Å². The molecule has 1 amide bonds. The Morgan fingerprint density at radius 2 is 2.00 bits per heavy atom. The zero-order valence-corrected chi connectivity index (χ0v) is 15.0. The molecule has 25 heavy (non-hydrogen) atoms. The Hall–Kier alpha value is -1.11. The normalized spacial score (nSPS) is 27.9. The summed E-state index contributed by atoms with van der Waals surface area (Å²) in [7, 11) is 0. The second-order valence-corrected chi connectivity index (χ2v) is 7.23. The standard InChI is InChI=1S/C19H31NO5/c21-9-3-4-10-24-18-14-16(15-5-1-2-6-15)13-17(25-18)19(22)20-7-11-23-12-8-20/h13,15-16,18,21H,1-12,14H2/t16-,18+/m1/s1. The van der Waals surface area contributed by atoms with Gasteiger partial charge in [0.1, 0.15) is 0 Å². The van der Waals surface area contributed by atoms with Crippen molar-refractivity contribution in [1.82, 2.24) is 4.90 Å². The highest BCUT2D eigenvalue weighted by Crippen LogP contribution is 2.38. The van der Waals surface area contributed by atoms with Gasteiger partial charge < -0.3 is 24.2 Å². The lowest BCUT2D eigenvalue weighted by Crippen LogP contribution is -2.43. The molecule has 1 saturated heterocycles. The maximum absolute atomic E-state index is 12.8. The van der Waals surface area contributed by atoms with E-state index in [-0.39, 0.29) is 18.8 Å². The molecule has 2 heterocycles. The van der Waals surface area contributed by atoms with Crippen molar-refractivity contribution in [3.8, 4) is 0 Å². The Labute approximate surface area is 150 Å². The predicted octanol–water partition coefficient (Wildman–Crippen LogP) is 2.07. The molecule has 0 aromatic carbocycles. The molecule has 1 saturated carbocycles. The fourth-order valence-electron chi connectivity index (χ4n) is 4.00. The minimum absolute atomic E-state index is 0.0324. The van der Waals surface area contributed by atoms with Crippen molar-refractivity contribution >= 4 is 5.91 Å². The number of nitrogens with zero attached hydrogens (tertiary/aromatic N) is 1. The summed E-state index contributed by atoms with van der Waals surface area (Å²) in [4.78, 5) is 14.6. The van der Waals surface area contributed by atoms with E-state index in [2.05, 4.69) is 6.08 Å². The molecule has 2 atom stereocenters. The first-order chi connectivity index (χ1) is 12.3. The Kier molecular flexibility index (Phi) is 7.13. The number of ether oxygens (including phenoxy) is 3. The molecule has 0 spiro atoms. The summed E-state index contributed by atoms with van der Waals surface area (Å²) in [6.45, 7) is 3.16. The average molecular weight is 353 g/mol. The van der Waals surface area contributed by atoms with Gasteiger partial charge in [-0.25, -0.2) is 0 Å². The van der Waals surface area contributed by atoms with E-state index in [9.17, 15) is 4.79 Å². The van der Waals surface area contributed by atoms with Crippen molar-refractivity contribution in [2.75, 3.05) is 39.5 Å². The number of hydrogen-bond acceptors (Lipinski definition) is 5. The Morgan fingerprint density at radius 1 is 1.24 bits per heavy atom. The average Bonchev–Trinajstić information content (AvgIpc) is 3.20. The van der Waals surface area contributed by atoms with Gasteiger partial charge in [-0.3, -0.25) is 4.79 Å². The minimum atomic E-state index is -0.353. The first-order valence-corrected chi connectivity index (χ1v) is 9.76. The lowest BCUT2D eigenvalue weighted by Gasteiger charge is -2.34. The monoisotopic (exact) mass is 353 g/mol. The summed E-state index contributed by atoms with van der Waals surface area (Å²) in [6.07, 6.45) is 9.10. The molecule has 1 N–H and O–H groups in total. The number of carbonyl (C=O) groups excluding carboxylic acids is 1.